The van der Waals surface area contributed by atoms with Crippen molar-refractivity contribution < 1.29 is 13.9 Å². The standard InChI is InChI=1S/C20H19NO4S/c1-3-24-20(23)21-15-7-8-17-14(10-19(22)25-18(17)11-15)12-26-16-6-4-5-13(2)9-16/h4-11H,3,12H2,1-2H3,(H,21,23). The molecule has 3 rings (SSSR count). The lowest BCUT2D eigenvalue weighted by Gasteiger charge is -2.09. The first-order chi connectivity index (χ1) is 12.5. The lowest BCUT2D eigenvalue weighted by molar-refractivity contribution is 0.168. The van der Waals surface area contributed by atoms with Crippen LogP contribution in [0, 0.1) is 6.92 Å². The summed E-state index contributed by atoms with van der Waals surface area (Å²) in [4.78, 5) is 24.6. The molecule has 0 bridgehead atoms. The molecular formula is C20H19NO4S. The number of anilines is 1. The second kappa shape index (κ2) is 8.10. The minimum atomic E-state index is -0.541. The predicted octanol–water partition coefficient (Wildman–Crippen LogP) is 4.96. The Morgan fingerprint density at radius 1 is 1.19 bits per heavy atom. The fourth-order valence-corrected chi connectivity index (χ4v) is 3.58. The van der Waals surface area contributed by atoms with Gasteiger partial charge in [-0.1, -0.05) is 17.7 Å². The molecule has 6 heteroatoms. The number of amides is 1. The van der Waals surface area contributed by atoms with Crippen LogP contribution in [0.2, 0.25) is 0 Å². The predicted molar refractivity (Wildman–Crippen MR) is 104 cm³/mol. The minimum Gasteiger partial charge on any atom is -0.450 e. The lowest BCUT2D eigenvalue weighted by Crippen LogP contribution is -2.13. The van der Waals surface area contributed by atoms with Gasteiger partial charge in [-0.3, -0.25) is 5.32 Å². The summed E-state index contributed by atoms with van der Waals surface area (Å²) in [6, 6.07) is 15.0. The van der Waals surface area contributed by atoms with E-state index in [0.717, 1.165) is 15.8 Å². The molecule has 0 aliphatic carbocycles. The largest absolute Gasteiger partial charge is 0.450 e. The van der Waals surface area contributed by atoms with E-state index >= 15 is 0 Å². The number of carbonyl (C=O) groups excluding carboxylic acids is 1. The van der Waals surface area contributed by atoms with E-state index in [2.05, 4.69) is 24.4 Å². The van der Waals surface area contributed by atoms with Gasteiger partial charge in [0.15, 0.2) is 0 Å². The summed E-state index contributed by atoms with van der Waals surface area (Å²) in [6.45, 7) is 4.07. The number of ether oxygens (including phenoxy) is 1. The van der Waals surface area contributed by atoms with Crippen molar-refractivity contribution in [3.63, 3.8) is 0 Å². The SMILES string of the molecule is CCOC(=O)Nc1ccc2c(CSc3cccc(C)c3)cc(=O)oc2c1. The molecule has 0 saturated carbocycles. The fraction of sp³-hybridized carbons (Fsp3) is 0.200. The topological polar surface area (TPSA) is 68.5 Å². The van der Waals surface area contributed by atoms with Gasteiger partial charge in [-0.05, 0) is 43.7 Å². The molecule has 0 saturated heterocycles. The Kier molecular flexibility index (Phi) is 5.63. The fourth-order valence-electron chi connectivity index (χ4n) is 2.58. The van der Waals surface area contributed by atoms with Crippen LogP contribution in [0.5, 0.6) is 0 Å². The average Bonchev–Trinajstić information content (AvgIpc) is 2.59. The van der Waals surface area contributed by atoms with Crippen LogP contribution in [0.3, 0.4) is 0 Å². The van der Waals surface area contributed by atoms with Crippen molar-refractivity contribution in [1.82, 2.24) is 0 Å². The first kappa shape index (κ1) is 18.1. The van der Waals surface area contributed by atoms with Crippen molar-refractivity contribution in [1.29, 1.82) is 0 Å². The highest BCUT2D eigenvalue weighted by Gasteiger charge is 2.09. The second-order valence-electron chi connectivity index (χ2n) is 5.75. The molecule has 26 heavy (non-hydrogen) atoms. The van der Waals surface area contributed by atoms with Crippen molar-refractivity contribution in [2.24, 2.45) is 0 Å². The number of carbonyl (C=O) groups is 1. The Bertz CT molecular complexity index is 997. The van der Waals surface area contributed by atoms with Crippen LogP contribution in [0.25, 0.3) is 11.0 Å². The van der Waals surface area contributed by atoms with E-state index in [0.29, 0.717) is 17.0 Å². The van der Waals surface area contributed by atoms with Gasteiger partial charge >= 0.3 is 11.7 Å². The number of nitrogens with one attached hydrogen (secondary N) is 1. The molecule has 1 aromatic heterocycles. The number of aryl methyl sites for hydroxylation is 1. The van der Waals surface area contributed by atoms with Crippen LogP contribution >= 0.6 is 11.8 Å². The number of rotatable bonds is 5. The van der Waals surface area contributed by atoms with E-state index in [-0.39, 0.29) is 6.61 Å². The number of hydrogen-bond donors (Lipinski definition) is 1. The van der Waals surface area contributed by atoms with Crippen LogP contribution in [0.1, 0.15) is 18.1 Å². The average molecular weight is 369 g/mol. The maximum Gasteiger partial charge on any atom is 0.411 e. The molecule has 0 spiro atoms. The van der Waals surface area contributed by atoms with Crippen LogP contribution in [0.4, 0.5) is 10.5 Å². The van der Waals surface area contributed by atoms with E-state index in [9.17, 15) is 9.59 Å². The molecule has 0 radical (unpaired) electrons. The Balaban J connectivity index is 1.86. The van der Waals surface area contributed by atoms with Gasteiger partial charge in [0.25, 0.3) is 0 Å². The molecule has 0 unspecified atom stereocenters. The van der Waals surface area contributed by atoms with Gasteiger partial charge in [0.05, 0.1) is 6.61 Å². The molecule has 1 amide bonds. The number of hydrogen-bond acceptors (Lipinski definition) is 5. The van der Waals surface area contributed by atoms with Crippen LogP contribution in [0.15, 0.2) is 62.6 Å². The number of thioether (sulfide) groups is 1. The minimum absolute atomic E-state index is 0.287. The molecule has 0 atom stereocenters. The van der Waals surface area contributed by atoms with Crippen LogP contribution in [-0.2, 0) is 10.5 Å². The van der Waals surface area contributed by atoms with E-state index in [4.69, 9.17) is 9.15 Å². The van der Waals surface area contributed by atoms with Crippen molar-refractivity contribution in [2.45, 2.75) is 24.5 Å². The van der Waals surface area contributed by atoms with E-state index in [1.165, 1.54) is 11.6 Å². The first-order valence-corrected chi connectivity index (χ1v) is 9.24. The van der Waals surface area contributed by atoms with E-state index < -0.39 is 11.7 Å². The summed E-state index contributed by atoms with van der Waals surface area (Å²) < 4.78 is 10.2. The maximum absolute atomic E-state index is 11.9. The molecule has 0 aliphatic heterocycles. The van der Waals surface area contributed by atoms with Gasteiger partial charge in [0, 0.05) is 33.9 Å². The van der Waals surface area contributed by atoms with Gasteiger partial charge in [-0.2, -0.15) is 0 Å². The molecule has 1 N–H and O–H groups in total. The maximum atomic E-state index is 11.9. The quantitative estimate of drug-likeness (QED) is 0.508. The zero-order valence-corrected chi connectivity index (χ0v) is 15.4. The molecule has 134 valence electrons. The number of fused-ring (bicyclic) bond motifs is 1. The molecule has 2 aromatic carbocycles. The third kappa shape index (κ3) is 4.46. The molecule has 0 aliphatic rings. The molecule has 3 aromatic rings. The lowest BCUT2D eigenvalue weighted by atomic mass is 10.1. The van der Waals surface area contributed by atoms with Gasteiger partial charge < -0.3 is 9.15 Å². The van der Waals surface area contributed by atoms with Crippen LogP contribution in [-0.4, -0.2) is 12.7 Å². The Morgan fingerprint density at radius 3 is 2.81 bits per heavy atom. The van der Waals surface area contributed by atoms with Gasteiger partial charge in [-0.25, -0.2) is 9.59 Å². The van der Waals surface area contributed by atoms with Crippen LogP contribution < -0.4 is 10.9 Å². The second-order valence-corrected chi connectivity index (χ2v) is 6.80. The van der Waals surface area contributed by atoms with Crippen molar-refractivity contribution in [2.75, 3.05) is 11.9 Å². The number of benzene rings is 2. The molecule has 0 fully saturated rings. The highest BCUT2D eigenvalue weighted by molar-refractivity contribution is 7.98. The van der Waals surface area contributed by atoms with E-state index in [1.54, 1.807) is 30.8 Å². The Hall–Kier alpha value is -2.73. The molecule has 5 nitrogen and oxygen atoms in total. The van der Waals surface area contributed by atoms with Crippen molar-refractivity contribution in [3.8, 4) is 0 Å². The molecular weight excluding hydrogens is 350 g/mol. The smallest absolute Gasteiger partial charge is 0.411 e. The summed E-state index contributed by atoms with van der Waals surface area (Å²) in [5, 5.41) is 3.46. The van der Waals surface area contributed by atoms with Crippen molar-refractivity contribution >= 4 is 34.5 Å². The van der Waals surface area contributed by atoms with Gasteiger partial charge in [0.1, 0.15) is 5.58 Å². The first-order valence-electron chi connectivity index (χ1n) is 8.25. The molecule has 1 heterocycles. The summed E-state index contributed by atoms with van der Waals surface area (Å²) in [5.41, 5.74) is 2.63. The Morgan fingerprint density at radius 2 is 2.04 bits per heavy atom. The zero-order valence-electron chi connectivity index (χ0n) is 14.6. The highest BCUT2D eigenvalue weighted by Crippen LogP contribution is 2.28. The monoisotopic (exact) mass is 369 g/mol. The van der Waals surface area contributed by atoms with E-state index in [1.807, 2.05) is 18.2 Å². The third-order valence-electron chi connectivity index (χ3n) is 3.74. The van der Waals surface area contributed by atoms with Gasteiger partial charge in [-0.15, -0.1) is 11.8 Å². The van der Waals surface area contributed by atoms with Crippen molar-refractivity contribution in [3.05, 3.63) is 70.1 Å². The summed E-state index contributed by atoms with van der Waals surface area (Å²) >= 11 is 1.66. The summed E-state index contributed by atoms with van der Waals surface area (Å²) in [6.07, 6.45) is -0.541. The highest BCUT2D eigenvalue weighted by atomic mass is 32.2. The normalized spacial score (nSPS) is 10.7. The Labute approximate surface area is 155 Å². The van der Waals surface area contributed by atoms with Gasteiger partial charge in [0.2, 0.25) is 0 Å². The third-order valence-corrected chi connectivity index (χ3v) is 4.78. The zero-order chi connectivity index (χ0) is 18.5. The summed E-state index contributed by atoms with van der Waals surface area (Å²) in [5.74, 6) is 0.649. The summed E-state index contributed by atoms with van der Waals surface area (Å²) in [7, 11) is 0.